The minimum Gasteiger partial charge on any atom is -0.405 e. The number of alkyl halides is 4. The molecule has 12 heteroatoms. The van der Waals surface area contributed by atoms with E-state index in [4.69, 9.17) is 11.5 Å². The number of allylic oxidation sites excluding steroid dienone is 3. The number of anilines is 2. The van der Waals surface area contributed by atoms with Gasteiger partial charge in [-0.15, -0.1) is 0 Å². The number of rotatable bonds is 8. The van der Waals surface area contributed by atoms with Crippen LogP contribution in [0.15, 0.2) is 84.7 Å². The Morgan fingerprint density at radius 2 is 1.17 bits per heavy atom. The number of Topliss-reactive ketones (excluding diaryl/α,β-unsaturated/α-hetero) is 2. The van der Waals surface area contributed by atoms with Crippen molar-refractivity contribution in [1.29, 1.82) is 0 Å². The van der Waals surface area contributed by atoms with E-state index in [1.807, 2.05) is 31.2 Å². The summed E-state index contributed by atoms with van der Waals surface area (Å²) in [5, 5.41) is 8.36. The molecule has 6 rings (SSSR count). The molecule has 0 amide bonds. The fourth-order valence-corrected chi connectivity index (χ4v) is 5.85. The summed E-state index contributed by atoms with van der Waals surface area (Å²) in [6.45, 7) is 6.02. The van der Waals surface area contributed by atoms with Crippen LogP contribution in [0.3, 0.4) is 0 Å². The van der Waals surface area contributed by atoms with Crippen LogP contribution in [0.5, 0.6) is 0 Å². The van der Waals surface area contributed by atoms with Crippen molar-refractivity contribution in [2.24, 2.45) is 11.5 Å². The maximum absolute atomic E-state index is 12.6. The molecular weight excluding hydrogens is 672 g/mol. The average molecular weight is 725 g/mol. The quantitative estimate of drug-likeness (QED) is 0.179. The van der Waals surface area contributed by atoms with Crippen LogP contribution >= 0.6 is 0 Å². The highest BCUT2D eigenvalue weighted by atomic mass is 19.3. The molecule has 8 nitrogen and oxygen atoms in total. The summed E-state index contributed by atoms with van der Waals surface area (Å²) in [6.07, 6.45) is 12.4. The van der Waals surface area contributed by atoms with Crippen LogP contribution in [-0.4, -0.2) is 59.8 Å². The van der Waals surface area contributed by atoms with Gasteiger partial charge in [-0.2, -0.15) is 10.2 Å². The molecule has 3 aliphatic rings. The van der Waals surface area contributed by atoms with Crippen LogP contribution < -0.4 is 21.3 Å². The number of hydrogen-bond donors (Lipinski definition) is 2. The number of benzene rings is 2. The Labute approximate surface area is 305 Å². The normalized spacial score (nSPS) is 17.6. The van der Waals surface area contributed by atoms with Crippen LogP contribution in [0.4, 0.5) is 28.9 Å². The Morgan fingerprint density at radius 1 is 0.731 bits per heavy atom. The van der Waals surface area contributed by atoms with E-state index in [-0.39, 0.29) is 37.7 Å². The van der Waals surface area contributed by atoms with Crippen molar-refractivity contribution in [3.63, 3.8) is 0 Å². The summed E-state index contributed by atoms with van der Waals surface area (Å²) >= 11 is 0. The van der Waals surface area contributed by atoms with Gasteiger partial charge in [0.15, 0.2) is 0 Å². The molecule has 0 bridgehead atoms. The van der Waals surface area contributed by atoms with Gasteiger partial charge in [0.1, 0.15) is 11.6 Å². The Balaban J connectivity index is 0.000000194. The second-order valence-electron chi connectivity index (χ2n) is 13.7. The van der Waals surface area contributed by atoms with Crippen LogP contribution in [0.1, 0.15) is 81.3 Å². The zero-order chi connectivity index (χ0) is 38.3. The topological polar surface area (TPSA) is 118 Å². The molecular formula is C40H52F4N6O2. The van der Waals surface area contributed by atoms with Crippen LogP contribution in [0, 0.1) is 6.92 Å². The first kappa shape index (κ1) is 41.7. The standard InChI is InChI=1S/2C12H13F2NO.C11H16N2.C5H10N2/c2*1-9(16)6-10-2-4-11(5-3-10)15-7-12(13,14)8-15;1-9-7-8-11(13-12-9)10-5-3-2-4-6-10;1-5(7)3-2-4-6/h2*2-5H,6-8H2,1H3;7-8,10H,2-6H2,1H3;2-4H,6-7H2,1H3/b;;;4-2-,5-3-. The van der Waals surface area contributed by atoms with Crippen molar-refractivity contribution < 1.29 is 27.2 Å². The zero-order valence-corrected chi connectivity index (χ0v) is 30.6. The van der Waals surface area contributed by atoms with Crippen LogP contribution in [0.25, 0.3) is 0 Å². The van der Waals surface area contributed by atoms with Gasteiger partial charge in [0.05, 0.1) is 37.6 Å². The fraction of sp³-hybridized carbons (Fsp3) is 0.450. The molecule has 0 unspecified atom stereocenters. The number of ketones is 2. The van der Waals surface area contributed by atoms with Crippen LogP contribution in [-0.2, 0) is 22.4 Å². The highest BCUT2D eigenvalue weighted by molar-refractivity contribution is 5.78. The highest BCUT2D eigenvalue weighted by Gasteiger charge is 2.44. The minimum atomic E-state index is -2.54. The lowest BCUT2D eigenvalue weighted by atomic mass is 9.87. The van der Waals surface area contributed by atoms with E-state index < -0.39 is 11.8 Å². The van der Waals surface area contributed by atoms with Gasteiger partial charge in [0.25, 0.3) is 11.8 Å². The van der Waals surface area contributed by atoms with E-state index in [0.717, 1.165) is 33.9 Å². The van der Waals surface area contributed by atoms with Gasteiger partial charge < -0.3 is 21.3 Å². The van der Waals surface area contributed by atoms with E-state index >= 15 is 0 Å². The van der Waals surface area contributed by atoms with E-state index in [1.54, 1.807) is 53.1 Å². The number of nitrogens with zero attached hydrogens (tertiary/aromatic N) is 4. The van der Waals surface area contributed by atoms with Crippen molar-refractivity contribution in [2.45, 2.75) is 90.4 Å². The molecule has 1 saturated carbocycles. The monoisotopic (exact) mass is 724 g/mol. The number of carbonyl (C=O) groups is 2. The molecule has 282 valence electrons. The number of carbonyl (C=O) groups excluding carboxylic acids is 2. The Bertz CT molecular complexity index is 1520. The first-order valence-electron chi connectivity index (χ1n) is 17.6. The second kappa shape index (κ2) is 19.8. The molecule has 3 heterocycles. The molecule has 3 aromatic rings. The second-order valence-corrected chi connectivity index (χ2v) is 13.7. The fourth-order valence-electron chi connectivity index (χ4n) is 5.85. The zero-order valence-electron chi connectivity index (χ0n) is 30.6. The van der Waals surface area contributed by atoms with Gasteiger partial charge in [0, 0.05) is 35.8 Å². The highest BCUT2D eigenvalue weighted by Crippen LogP contribution is 2.33. The van der Waals surface area contributed by atoms with E-state index in [2.05, 4.69) is 22.3 Å². The maximum atomic E-state index is 12.6. The van der Waals surface area contributed by atoms with Crippen LogP contribution in [0.2, 0.25) is 0 Å². The van der Waals surface area contributed by atoms with Gasteiger partial charge in [-0.3, -0.25) is 9.59 Å². The van der Waals surface area contributed by atoms with Crippen molar-refractivity contribution in [3.05, 3.63) is 107 Å². The summed E-state index contributed by atoms with van der Waals surface area (Å²) in [5.74, 6) is -4.20. The first-order valence-corrected chi connectivity index (χ1v) is 17.6. The lowest BCUT2D eigenvalue weighted by Crippen LogP contribution is -2.56. The minimum absolute atomic E-state index is 0.100. The maximum Gasteiger partial charge on any atom is 0.282 e. The molecule has 4 N–H and O–H groups in total. The summed E-state index contributed by atoms with van der Waals surface area (Å²) in [7, 11) is 0. The summed E-state index contributed by atoms with van der Waals surface area (Å²) in [5.41, 5.74) is 16.6. The van der Waals surface area contributed by atoms with E-state index in [9.17, 15) is 27.2 Å². The van der Waals surface area contributed by atoms with Gasteiger partial charge in [-0.1, -0.05) is 43.5 Å². The Kier molecular flexibility index (Phi) is 15.8. The summed E-state index contributed by atoms with van der Waals surface area (Å²) in [4.78, 5) is 25.0. The Hall–Kier alpha value is -4.74. The first-order chi connectivity index (χ1) is 24.6. The number of aromatic nitrogens is 2. The Morgan fingerprint density at radius 3 is 1.48 bits per heavy atom. The number of aryl methyl sites for hydroxylation is 1. The summed E-state index contributed by atoms with van der Waals surface area (Å²) in [6, 6.07) is 18.6. The largest absolute Gasteiger partial charge is 0.405 e. The van der Waals surface area contributed by atoms with Gasteiger partial charge >= 0.3 is 0 Å². The third-order valence-electron chi connectivity index (χ3n) is 8.51. The van der Waals surface area contributed by atoms with Gasteiger partial charge in [0.2, 0.25) is 0 Å². The van der Waals surface area contributed by atoms with Crippen molar-refractivity contribution in [3.8, 4) is 0 Å². The van der Waals surface area contributed by atoms with Crippen molar-refractivity contribution in [1.82, 2.24) is 10.2 Å². The number of halogens is 4. The number of hydrogen-bond acceptors (Lipinski definition) is 8. The third-order valence-corrected chi connectivity index (χ3v) is 8.51. The molecule has 52 heavy (non-hydrogen) atoms. The molecule has 0 radical (unpaired) electrons. The van der Waals surface area contributed by atoms with Gasteiger partial charge in [-0.05, 0) is 106 Å². The molecule has 1 aliphatic carbocycles. The summed E-state index contributed by atoms with van der Waals surface area (Å²) < 4.78 is 50.6. The molecule has 2 aliphatic heterocycles. The molecule has 2 aromatic carbocycles. The predicted molar refractivity (Wildman–Crippen MR) is 200 cm³/mol. The molecule has 0 spiro atoms. The molecule has 3 fully saturated rings. The smallest absolute Gasteiger partial charge is 0.282 e. The third kappa shape index (κ3) is 14.9. The van der Waals surface area contributed by atoms with Crippen molar-refractivity contribution >= 4 is 22.9 Å². The van der Waals surface area contributed by atoms with E-state index in [0.29, 0.717) is 18.8 Å². The lowest BCUT2D eigenvalue weighted by molar-refractivity contribution is -0.117. The molecule has 2 saturated heterocycles. The molecule has 1 aromatic heterocycles. The number of nitrogens with two attached hydrogens (primary N) is 2. The van der Waals surface area contributed by atoms with E-state index in [1.165, 1.54) is 57.8 Å². The van der Waals surface area contributed by atoms with Gasteiger partial charge in [-0.25, -0.2) is 17.6 Å². The van der Waals surface area contributed by atoms with Crippen molar-refractivity contribution in [2.75, 3.05) is 36.0 Å². The SMILES string of the molecule is C/C(N)=C/C=C\N.CC(=O)Cc1ccc(N2CC(F)(F)C2)cc1.CC(=O)Cc1ccc(N2CC(F)(F)C2)cc1.Cc1ccc(C2CCCCC2)nn1. The lowest BCUT2D eigenvalue weighted by Gasteiger charge is -2.40. The predicted octanol–water partition coefficient (Wildman–Crippen LogP) is 7.70. The average Bonchev–Trinajstić information content (AvgIpc) is 3.07. The molecule has 0 atom stereocenters.